The molecular weight excluding hydrogens is 235 g/mol. The zero-order valence-corrected chi connectivity index (χ0v) is 9.48. The molecule has 18 heavy (non-hydrogen) atoms. The van der Waals surface area contributed by atoms with Crippen LogP contribution in [0, 0.1) is 24.1 Å². The van der Waals surface area contributed by atoms with Gasteiger partial charge in [0.2, 0.25) is 17.7 Å². The number of anilines is 3. The molecular formula is C11H9FN6. The molecule has 1 heterocycles. The predicted octanol–water partition coefficient (Wildman–Crippen LogP) is 1.52. The molecule has 0 bridgehead atoms. The Kier molecular flexibility index (Phi) is 3.02. The zero-order chi connectivity index (χ0) is 13.1. The van der Waals surface area contributed by atoms with Crippen molar-refractivity contribution in [1.29, 1.82) is 5.26 Å². The van der Waals surface area contributed by atoms with Crippen LogP contribution in [0.5, 0.6) is 0 Å². The van der Waals surface area contributed by atoms with E-state index in [-0.39, 0.29) is 23.4 Å². The summed E-state index contributed by atoms with van der Waals surface area (Å²) in [5.41, 5.74) is 6.50. The third-order valence-electron chi connectivity index (χ3n) is 2.12. The number of hydrogen-bond donors (Lipinski definition) is 2. The van der Waals surface area contributed by atoms with Gasteiger partial charge in [-0.25, -0.2) is 4.39 Å². The second kappa shape index (κ2) is 4.63. The summed E-state index contributed by atoms with van der Waals surface area (Å²) in [6.07, 6.45) is 0. The van der Waals surface area contributed by atoms with Gasteiger partial charge in [-0.15, -0.1) is 0 Å². The Labute approximate surface area is 102 Å². The van der Waals surface area contributed by atoms with E-state index in [4.69, 9.17) is 11.0 Å². The van der Waals surface area contributed by atoms with Crippen LogP contribution in [0.4, 0.5) is 22.0 Å². The Morgan fingerprint density at radius 1 is 1.33 bits per heavy atom. The lowest BCUT2D eigenvalue weighted by atomic mass is 10.2. The van der Waals surface area contributed by atoms with Gasteiger partial charge in [0.1, 0.15) is 11.9 Å². The largest absolute Gasteiger partial charge is 0.368 e. The van der Waals surface area contributed by atoms with Gasteiger partial charge in [-0.3, -0.25) is 0 Å². The lowest BCUT2D eigenvalue weighted by Crippen LogP contribution is -2.06. The number of aromatic nitrogens is 3. The van der Waals surface area contributed by atoms with Gasteiger partial charge in [0, 0.05) is 0 Å². The molecule has 0 aliphatic rings. The van der Waals surface area contributed by atoms with E-state index < -0.39 is 5.82 Å². The maximum Gasteiger partial charge on any atom is 0.238 e. The Hall–Kier alpha value is -2.75. The van der Waals surface area contributed by atoms with E-state index in [2.05, 4.69) is 20.3 Å². The van der Waals surface area contributed by atoms with Crippen molar-refractivity contribution < 1.29 is 4.39 Å². The van der Waals surface area contributed by atoms with Gasteiger partial charge >= 0.3 is 0 Å². The summed E-state index contributed by atoms with van der Waals surface area (Å²) in [7, 11) is 0. The average molecular weight is 244 g/mol. The molecule has 0 saturated heterocycles. The molecule has 0 spiro atoms. The zero-order valence-electron chi connectivity index (χ0n) is 9.48. The average Bonchev–Trinajstić information content (AvgIpc) is 2.33. The maximum atomic E-state index is 13.5. The topological polar surface area (TPSA) is 101 Å². The second-order valence-corrected chi connectivity index (χ2v) is 3.56. The lowest BCUT2D eigenvalue weighted by molar-refractivity contribution is 0.631. The summed E-state index contributed by atoms with van der Waals surface area (Å²) in [5.74, 6) is -0.642. The number of halogens is 1. The first-order valence-electron chi connectivity index (χ1n) is 5.03. The van der Waals surface area contributed by atoms with Crippen molar-refractivity contribution in [2.45, 2.75) is 6.92 Å². The highest BCUT2D eigenvalue weighted by Crippen LogP contribution is 2.19. The number of nitriles is 1. The first kappa shape index (κ1) is 11.7. The van der Waals surface area contributed by atoms with Crippen LogP contribution in [-0.2, 0) is 0 Å². The molecule has 3 N–H and O–H groups in total. The fraction of sp³-hybridized carbons (Fsp3) is 0.0909. The van der Waals surface area contributed by atoms with Crippen LogP contribution in [0.1, 0.15) is 11.4 Å². The minimum absolute atomic E-state index is 0.0311. The summed E-state index contributed by atoms with van der Waals surface area (Å²) >= 11 is 0. The van der Waals surface area contributed by atoms with Crippen LogP contribution < -0.4 is 11.1 Å². The Morgan fingerprint density at radius 2 is 2.11 bits per heavy atom. The monoisotopic (exact) mass is 244 g/mol. The number of benzene rings is 1. The minimum atomic E-state index is -0.446. The fourth-order valence-corrected chi connectivity index (χ4v) is 1.35. The standard InChI is InChI=1S/C11H9FN6/c1-6-2-3-7(12)8(4-6)15-11-17-9(5-13)16-10(14)18-11/h2-4H,1H3,(H3,14,15,16,17,18). The molecule has 1 aromatic heterocycles. The SMILES string of the molecule is Cc1ccc(F)c(Nc2nc(N)nc(C#N)n2)c1. The number of rotatable bonds is 2. The van der Waals surface area contributed by atoms with E-state index in [1.54, 1.807) is 18.2 Å². The number of nitrogens with one attached hydrogen (secondary N) is 1. The van der Waals surface area contributed by atoms with E-state index in [9.17, 15) is 4.39 Å². The molecule has 0 radical (unpaired) electrons. The molecule has 0 aliphatic heterocycles. The quantitative estimate of drug-likeness (QED) is 0.830. The van der Waals surface area contributed by atoms with E-state index in [1.807, 2.05) is 6.92 Å². The van der Waals surface area contributed by atoms with Gasteiger partial charge in [-0.05, 0) is 24.6 Å². The Balaban J connectivity index is 2.37. The van der Waals surface area contributed by atoms with Gasteiger partial charge in [0.25, 0.3) is 0 Å². The normalized spacial score (nSPS) is 9.83. The van der Waals surface area contributed by atoms with Crippen LogP contribution in [-0.4, -0.2) is 15.0 Å². The molecule has 2 aromatic rings. The smallest absolute Gasteiger partial charge is 0.238 e. The first-order valence-corrected chi connectivity index (χ1v) is 5.03. The van der Waals surface area contributed by atoms with Crippen LogP contribution in [0.25, 0.3) is 0 Å². The molecule has 0 unspecified atom stereocenters. The molecule has 0 amide bonds. The number of nitrogen functional groups attached to an aromatic ring is 1. The summed E-state index contributed by atoms with van der Waals surface area (Å²) in [6.45, 7) is 1.83. The van der Waals surface area contributed by atoms with Crippen molar-refractivity contribution in [1.82, 2.24) is 15.0 Å². The van der Waals surface area contributed by atoms with Gasteiger partial charge in [0.15, 0.2) is 0 Å². The molecule has 90 valence electrons. The highest BCUT2D eigenvalue weighted by Gasteiger charge is 2.07. The Bertz CT molecular complexity index is 634. The number of hydrogen-bond acceptors (Lipinski definition) is 6. The number of nitrogens with zero attached hydrogens (tertiary/aromatic N) is 4. The van der Waals surface area contributed by atoms with Gasteiger partial charge in [-0.2, -0.15) is 20.2 Å². The van der Waals surface area contributed by atoms with Crippen molar-refractivity contribution in [3.63, 3.8) is 0 Å². The van der Waals surface area contributed by atoms with E-state index in [0.29, 0.717) is 0 Å². The van der Waals surface area contributed by atoms with E-state index >= 15 is 0 Å². The van der Waals surface area contributed by atoms with Crippen LogP contribution in [0.15, 0.2) is 18.2 Å². The van der Waals surface area contributed by atoms with Crippen molar-refractivity contribution in [2.75, 3.05) is 11.1 Å². The summed E-state index contributed by atoms with van der Waals surface area (Å²) in [6, 6.07) is 6.31. The molecule has 7 heteroatoms. The maximum absolute atomic E-state index is 13.5. The lowest BCUT2D eigenvalue weighted by Gasteiger charge is -2.07. The van der Waals surface area contributed by atoms with Crippen LogP contribution >= 0.6 is 0 Å². The van der Waals surface area contributed by atoms with E-state index in [0.717, 1.165) is 5.56 Å². The molecule has 0 fully saturated rings. The van der Waals surface area contributed by atoms with Crippen molar-refractivity contribution in [3.05, 3.63) is 35.4 Å². The molecule has 1 aromatic carbocycles. The number of aryl methyl sites for hydroxylation is 1. The summed E-state index contributed by atoms with van der Waals surface area (Å²) < 4.78 is 13.5. The fourth-order valence-electron chi connectivity index (χ4n) is 1.35. The molecule has 6 nitrogen and oxygen atoms in total. The molecule has 2 rings (SSSR count). The van der Waals surface area contributed by atoms with Gasteiger partial charge in [-0.1, -0.05) is 6.07 Å². The summed E-state index contributed by atoms with van der Waals surface area (Å²) in [5, 5.41) is 11.4. The van der Waals surface area contributed by atoms with Gasteiger partial charge in [0.05, 0.1) is 5.69 Å². The third kappa shape index (κ3) is 2.49. The second-order valence-electron chi connectivity index (χ2n) is 3.56. The third-order valence-corrected chi connectivity index (χ3v) is 2.12. The Morgan fingerprint density at radius 3 is 2.83 bits per heavy atom. The van der Waals surface area contributed by atoms with Crippen LogP contribution in [0.3, 0.4) is 0 Å². The summed E-state index contributed by atoms with van der Waals surface area (Å²) in [4.78, 5) is 11.1. The number of nitrogens with two attached hydrogens (primary N) is 1. The predicted molar refractivity (Wildman–Crippen MR) is 63.4 cm³/mol. The molecule has 0 saturated carbocycles. The molecule has 0 atom stereocenters. The minimum Gasteiger partial charge on any atom is -0.368 e. The van der Waals surface area contributed by atoms with Crippen molar-refractivity contribution >= 4 is 17.6 Å². The van der Waals surface area contributed by atoms with E-state index in [1.165, 1.54) is 6.07 Å². The highest BCUT2D eigenvalue weighted by molar-refractivity contribution is 5.56. The van der Waals surface area contributed by atoms with Crippen molar-refractivity contribution in [2.24, 2.45) is 0 Å². The first-order chi connectivity index (χ1) is 8.58. The highest BCUT2D eigenvalue weighted by atomic mass is 19.1. The van der Waals surface area contributed by atoms with Gasteiger partial charge < -0.3 is 11.1 Å². The molecule has 0 aliphatic carbocycles. The van der Waals surface area contributed by atoms with Crippen LogP contribution in [0.2, 0.25) is 0 Å². The van der Waals surface area contributed by atoms with Crippen molar-refractivity contribution in [3.8, 4) is 6.07 Å².